The standard InChI is InChI=1S/C29H29NO5S/c1-3-9-22-16-23(14-15-26(22)34-18-28(31)32)36-19-25-20(2)35-29(30-25)24-12-7-8-13-27(24)33-17-21-10-5-4-6-11-21/h4-8,10-16H,3,9,17-19H2,1-2H3,(H,31,32). The maximum Gasteiger partial charge on any atom is 0.341 e. The van der Waals surface area contributed by atoms with Gasteiger partial charge in [-0.2, -0.15) is 0 Å². The fourth-order valence-electron chi connectivity index (χ4n) is 3.72. The van der Waals surface area contributed by atoms with E-state index in [1.165, 1.54) is 0 Å². The number of aromatic nitrogens is 1. The number of aryl methyl sites for hydroxylation is 2. The lowest BCUT2D eigenvalue weighted by Crippen LogP contribution is -2.10. The Morgan fingerprint density at radius 1 is 1.00 bits per heavy atom. The van der Waals surface area contributed by atoms with Gasteiger partial charge in [0.15, 0.2) is 6.61 Å². The molecule has 0 fully saturated rings. The average molecular weight is 504 g/mol. The lowest BCUT2D eigenvalue weighted by atomic mass is 10.1. The molecule has 1 N–H and O–H groups in total. The van der Waals surface area contributed by atoms with E-state index in [2.05, 4.69) is 13.0 Å². The van der Waals surface area contributed by atoms with E-state index in [1.807, 2.05) is 73.7 Å². The number of benzene rings is 3. The Labute approximate surface area is 215 Å². The molecule has 0 spiro atoms. The molecule has 0 unspecified atom stereocenters. The van der Waals surface area contributed by atoms with Crippen LogP contribution in [0.25, 0.3) is 11.5 Å². The Kier molecular flexibility index (Phi) is 8.68. The second kappa shape index (κ2) is 12.3. The summed E-state index contributed by atoms with van der Waals surface area (Å²) in [6.07, 6.45) is 1.76. The molecular weight excluding hydrogens is 474 g/mol. The number of carboxylic acid groups (broad SMARTS) is 1. The molecule has 0 bridgehead atoms. The maximum atomic E-state index is 10.9. The van der Waals surface area contributed by atoms with E-state index < -0.39 is 5.97 Å². The van der Waals surface area contributed by atoms with E-state index >= 15 is 0 Å². The highest BCUT2D eigenvalue weighted by atomic mass is 32.2. The Balaban J connectivity index is 1.46. The molecule has 0 aliphatic rings. The van der Waals surface area contributed by atoms with Gasteiger partial charge < -0.3 is 19.0 Å². The largest absolute Gasteiger partial charge is 0.488 e. The molecular formula is C29H29NO5S. The number of thioether (sulfide) groups is 1. The zero-order chi connectivity index (χ0) is 25.3. The SMILES string of the molecule is CCCc1cc(SCc2nc(-c3ccccc3OCc3ccccc3)oc2C)ccc1OCC(=O)O. The van der Waals surface area contributed by atoms with Gasteiger partial charge in [0.1, 0.15) is 23.9 Å². The van der Waals surface area contributed by atoms with Crippen LogP contribution in [0.15, 0.2) is 82.1 Å². The predicted molar refractivity (Wildman–Crippen MR) is 141 cm³/mol. The fraction of sp³-hybridized carbons (Fsp3) is 0.241. The first-order valence-corrected chi connectivity index (χ1v) is 12.8. The second-order valence-electron chi connectivity index (χ2n) is 8.28. The van der Waals surface area contributed by atoms with E-state index in [1.54, 1.807) is 11.8 Å². The van der Waals surface area contributed by atoms with Crippen molar-refractivity contribution >= 4 is 17.7 Å². The van der Waals surface area contributed by atoms with E-state index in [0.29, 0.717) is 24.0 Å². The van der Waals surface area contributed by atoms with Gasteiger partial charge in [0.2, 0.25) is 5.89 Å². The van der Waals surface area contributed by atoms with Gasteiger partial charge in [0.05, 0.1) is 11.3 Å². The first kappa shape index (κ1) is 25.4. The molecule has 186 valence electrons. The highest BCUT2D eigenvalue weighted by Gasteiger charge is 2.16. The molecule has 0 amide bonds. The molecule has 0 aliphatic heterocycles. The van der Waals surface area contributed by atoms with Crippen LogP contribution < -0.4 is 9.47 Å². The van der Waals surface area contributed by atoms with E-state index in [0.717, 1.165) is 51.6 Å². The number of aliphatic carboxylic acids is 1. The van der Waals surface area contributed by atoms with Crippen molar-refractivity contribution < 1.29 is 23.8 Å². The summed E-state index contributed by atoms with van der Waals surface area (Å²) in [4.78, 5) is 16.7. The summed E-state index contributed by atoms with van der Waals surface area (Å²) >= 11 is 1.66. The van der Waals surface area contributed by atoms with Crippen molar-refractivity contribution in [3.05, 3.63) is 95.4 Å². The molecule has 1 aromatic heterocycles. The topological polar surface area (TPSA) is 81.8 Å². The normalized spacial score (nSPS) is 10.8. The highest BCUT2D eigenvalue weighted by Crippen LogP contribution is 2.34. The molecule has 0 saturated heterocycles. The van der Waals surface area contributed by atoms with Crippen molar-refractivity contribution in [2.24, 2.45) is 0 Å². The van der Waals surface area contributed by atoms with E-state index in [4.69, 9.17) is 24.0 Å². The van der Waals surface area contributed by atoms with Crippen LogP contribution in [0.2, 0.25) is 0 Å². The van der Waals surface area contributed by atoms with Crippen LogP contribution >= 0.6 is 11.8 Å². The zero-order valence-electron chi connectivity index (χ0n) is 20.4. The van der Waals surface area contributed by atoms with Gasteiger partial charge >= 0.3 is 5.97 Å². The number of para-hydroxylation sites is 1. The van der Waals surface area contributed by atoms with E-state index in [-0.39, 0.29) is 6.61 Å². The van der Waals surface area contributed by atoms with Crippen molar-refractivity contribution in [1.82, 2.24) is 4.98 Å². The minimum absolute atomic E-state index is 0.347. The van der Waals surface area contributed by atoms with Crippen molar-refractivity contribution in [1.29, 1.82) is 0 Å². The monoisotopic (exact) mass is 503 g/mol. The summed E-state index contributed by atoms with van der Waals surface area (Å²) in [7, 11) is 0. The minimum atomic E-state index is -0.986. The molecule has 3 aromatic carbocycles. The number of hydrogen-bond acceptors (Lipinski definition) is 6. The van der Waals surface area contributed by atoms with Crippen LogP contribution in [-0.2, 0) is 23.6 Å². The maximum absolute atomic E-state index is 10.9. The summed E-state index contributed by atoms with van der Waals surface area (Å²) in [5, 5.41) is 8.92. The van der Waals surface area contributed by atoms with Crippen molar-refractivity contribution in [3.63, 3.8) is 0 Å². The van der Waals surface area contributed by atoms with Crippen LogP contribution in [0.1, 0.15) is 35.9 Å². The van der Waals surface area contributed by atoms with Crippen LogP contribution in [0, 0.1) is 6.92 Å². The van der Waals surface area contributed by atoms with Crippen molar-refractivity contribution in [2.45, 2.75) is 43.9 Å². The molecule has 36 heavy (non-hydrogen) atoms. The number of nitrogens with zero attached hydrogens (tertiary/aromatic N) is 1. The lowest BCUT2D eigenvalue weighted by molar-refractivity contribution is -0.139. The Morgan fingerprint density at radius 3 is 2.56 bits per heavy atom. The minimum Gasteiger partial charge on any atom is -0.488 e. The Hall–Kier alpha value is -3.71. The average Bonchev–Trinajstić information content (AvgIpc) is 3.26. The second-order valence-corrected chi connectivity index (χ2v) is 9.33. The molecule has 0 aliphatic carbocycles. The molecule has 0 radical (unpaired) electrons. The van der Waals surface area contributed by atoms with Crippen molar-refractivity contribution in [3.8, 4) is 23.0 Å². The summed E-state index contributed by atoms with van der Waals surface area (Å²) in [6.45, 7) is 4.13. The van der Waals surface area contributed by atoms with Gasteiger partial charge in [-0.25, -0.2) is 9.78 Å². The van der Waals surface area contributed by atoms with Crippen LogP contribution in [0.5, 0.6) is 11.5 Å². The summed E-state index contributed by atoms with van der Waals surface area (Å²) < 4.78 is 17.6. The number of hydrogen-bond donors (Lipinski definition) is 1. The van der Waals surface area contributed by atoms with Gasteiger partial charge in [-0.3, -0.25) is 0 Å². The van der Waals surface area contributed by atoms with Gasteiger partial charge in [-0.05, 0) is 54.8 Å². The predicted octanol–water partition coefficient (Wildman–Crippen LogP) is 6.94. The molecule has 1 heterocycles. The summed E-state index contributed by atoms with van der Waals surface area (Å²) in [6, 6.07) is 23.7. The highest BCUT2D eigenvalue weighted by molar-refractivity contribution is 7.98. The van der Waals surface area contributed by atoms with Gasteiger partial charge in [-0.15, -0.1) is 11.8 Å². The van der Waals surface area contributed by atoms with Gasteiger partial charge in [-0.1, -0.05) is 55.8 Å². The van der Waals surface area contributed by atoms with Gasteiger partial charge in [0, 0.05) is 10.6 Å². The number of carboxylic acids is 1. The van der Waals surface area contributed by atoms with Gasteiger partial charge in [0.25, 0.3) is 0 Å². The lowest BCUT2D eigenvalue weighted by Gasteiger charge is -2.11. The van der Waals surface area contributed by atoms with Crippen LogP contribution in [0.4, 0.5) is 0 Å². The quantitative estimate of drug-likeness (QED) is 0.210. The molecule has 0 saturated carbocycles. The van der Waals surface area contributed by atoms with E-state index in [9.17, 15) is 4.79 Å². The first-order valence-electron chi connectivity index (χ1n) is 11.9. The fourth-order valence-corrected chi connectivity index (χ4v) is 4.69. The summed E-state index contributed by atoms with van der Waals surface area (Å²) in [5.41, 5.74) is 3.79. The number of rotatable bonds is 12. The molecule has 0 atom stereocenters. The Morgan fingerprint density at radius 2 is 1.78 bits per heavy atom. The van der Waals surface area contributed by atoms with Crippen molar-refractivity contribution in [2.75, 3.05) is 6.61 Å². The third-order valence-electron chi connectivity index (χ3n) is 5.53. The third-order valence-corrected chi connectivity index (χ3v) is 6.53. The van der Waals surface area contributed by atoms with Crippen LogP contribution in [-0.4, -0.2) is 22.7 Å². The number of oxazole rings is 1. The zero-order valence-corrected chi connectivity index (χ0v) is 21.2. The smallest absolute Gasteiger partial charge is 0.341 e. The molecule has 4 aromatic rings. The van der Waals surface area contributed by atoms with Crippen LogP contribution in [0.3, 0.4) is 0 Å². The molecule has 4 rings (SSSR count). The Bertz CT molecular complexity index is 1300. The third kappa shape index (κ3) is 6.70. The first-order chi connectivity index (χ1) is 17.5. The molecule has 6 nitrogen and oxygen atoms in total. The molecule has 7 heteroatoms. The number of carbonyl (C=O) groups is 1. The summed E-state index contributed by atoms with van der Waals surface area (Å²) in [5.74, 6) is 2.31. The number of ether oxygens (including phenoxy) is 2.